The normalized spacial score (nSPS) is 12.1. The van der Waals surface area contributed by atoms with Gasteiger partial charge in [0.2, 0.25) is 0 Å². The van der Waals surface area contributed by atoms with Crippen LogP contribution in [0.5, 0.6) is 5.75 Å². The third-order valence-electron chi connectivity index (χ3n) is 1.60. The van der Waals surface area contributed by atoms with E-state index in [1.807, 2.05) is 0 Å². The van der Waals surface area contributed by atoms with E-state index in [9.17, 15) is 4.79 Å². The lowest BCUT2D eigenvalue weighted by atomic mass is 10.2. The molecule has 76 valence electrons. The van der Waals surface area contributed by atoms with Gasteiger partial charge in [0.1, 0.15) is 11.8 Å². The van der Waals surface area contributed by atoms with E-state index in [1.165, 1.54) is 11.3 Å². The van der Waals surface area contributed by atoms with Gasteiger partial charge in [-0.15, -0.1) is 11.3 Å². The number of carboxylic acids is 1. The van der Waals surface area contributed by atoms with E-state index in [1.54, 1.807) is 11.4 Å². The number of hydrogen-bond donors (Lipinski definition) is 3. The van der Waals surface area contributed by atoms with Crippen LogP contribution in [0.2, 0.25) is 0 Å². The van der Waals surface area contributed by atoms with Gasteiger partial charge >= 0.3 is 13.7 Å². The van der Waals surface area contributed by atoms with Crippen LogP contribution < -0.4 is 10.4 Å². The van der Waals surface area contributed by atoms with Gasteiger partial charge in [-0.25, -0.2) is 0 Å². The average molecular weight is 215 g/mol. The maximum atomic E-state index is 10.4. The van der Waals surface area contributed by atoms with E-state index in [0.717, 1.165) is 4.88 Å². The number of carboxylic acid groups (broad SMARTS) is 1. The second-order valence-electron chi connectivity index (χ2n) is 2.67. The molecule has 0 saturated heterocycles. The standard InChI is InChI=1S/C7H10BNO4S/c9-6(7(10)11)2-5-1-4(3-14-5)13-8-12/h1,3,6,8,12H,2,9H2,(H,10,11)/t6-/m0/s1. The highest BCUT2D eigenvalue weighted by Gasteiger charge is 2.13. The van der Waals surface area contributed by atoms with Crippen molar-refractivity contribution < 1.29 is 19.6 Å². The Morgan fingerprint density at radius 1 is 1.79 bits per heavy atom. The first-order valence-electron chi connectivity index (χ1n) is 3.93. The van der Waals surface area contributed by atoms with E-state index < -0.39 is 12.0 Å². The Balaban J connectivity index is 2.55. The first kappa shape index (κ1) is 11.0. The third kappa shape index (κ3) is 3.02. The van der Waals surface area contributed by atoms with Crippen molar-refractivity contribution in [3.63, 3.8) is 0 Å². The van der Waals surface area contributed by atoms with E-state index in [4.69, 9.17) is 20.5 Å². The van der Waals surface area contributed by atoms with Gasteiger partial charge in [-0.3, -0.25) is 4.79 Å². The zero-order valence-corrected chi connectivity index (χ0v) is 8.16. The van der Waals surface area contributed by atoms with Gasteiger partial charge in [0.05, 0.1) is 0 Å². The van der Waals surface area contributed by atoms with Crippen LogP contribution in [0.25, 0.3) is 0 Å². The summed E-state index contributed by atoms with van der Waals surface area (Å²) in [6.07, 6.45) is 0.273. The number of aliphatic carboxylic acids is 1. The summed E-state index contributed by atoms with van der Waals surface area (Å²) in [7, 11) is -0.388. The summed E-state index contributed by atoms with van der Waals surface area (Å²) in [6, 6.07) is 0.777. The fourth-order valence-electron chi connectivity index (χ4n) is 0.922. The van der Waals surface area contributed by atoms with Crippen molar-refractivity contribution in [2.45, 2.75) is 12.5 Å². The maximum absolute atomic E-state index is 10.4. The van der Waals surface area contributed by atoms with E-state index >= 15 is 0 Å². The Morgan fingerprint density at radius 2 is 2.50 bits per heavy atom. The lowest BCUT2D eigenvalue weighted by Crippen LogP contribution is -2.31. The lowest BCUT2D eigenvalue weighted by molar-refractivity contribution is -0.138. The van der Waals surface area contributed by atoms with Crippen LogP contribution in [0.4, 0.5) is 0 Å². The van der Waals surface area contributed by atoms with Crippen LogP contribution in [0, 0.1) is 0 Å². The van der Waals surface area contributed by atoms with Crippen molar-refractivity contribution in [1.82, 2.24) is 0 Å². The zero-order chi connectivity index (χ0) is 10.6. The molecule has 0 aliphatic rings. The summed E-state index contributed by atoms with van der Waals surface area (Å²) in [5.41, 5.74) is 5.35. The molecule has 1 atom stereocenters. The summed E-state index contributed by atoms with van der Waals surface area (Å²) in [6.45, 7) is 0. The minimum Gasteiger partial charge on any atom is -0.538 e. The molecule has 0 radical (unpaired) electrons. The van der Waals surface area contributed by atoms with Gasteiger partial charge in [-0.05, 0) is 6.07 Å². The summed E-state index contributed by atoms with van der Waals surface area (Å²) in [4.78, 5) is 11.3. The minimum absolute atomic E-state index is 0.273. The van der Waals surface area contributed by atoms with Crippen molar-refractivity contribution in [1.29, 1.82) is 0 Å². The molecule has 0 fully saturated rings. The fourth-order valence-corrected chi connectivity index (χ4v) is 1.79. The topological polar surface area (TPSA) is 92.8 Å². The predicted molar refractivity (Wildman–Crippen MR) is 53.6 cm³/mol. The van der Waals surface area contributed by atoms with Crippen molar-refractivity contribution in [2.75, 3.05) is 0 Å². The van der Waals surface area contributed by atoms with E-state index in [2.05, 4.69) is 0 Å². The second-order valence-corrected chi connectivity index (χ2v) is 3.67. The van der Waals surface area contributed by atoms with E-state index in [-0.39, 0.29) is 14.1 Å². The van der Waals surface area contributed by atoms with Gasteiger partial charge in [-0.1, -0.05) is 0 Å². The molecule has 7 heteroatoms. The number of nitrogens with two attached hydrogens (primary N) is 1. The highest BCUT2D eigenvalue weighted by Crippen LogP contribution is 2.22. The number of carbonyl (C=O) groups is 1. The van der Waals surface area contributed by atoms with Crippen molar-refractivity contribution in [3.05, 3.63) is 16.3 Å². The fraction of sp³-hybridized carbons (Fsp3) is 0.286. The molecule has 1 aromatic heterocycles. The monoisotopic (exact) mass is 215 g/mol. The molecule has 5 nitrogen and oxygen atoms in total. The summed E-state index contributed by atoms with van der Waals surface area (Å²) in [5.74, 6) is -0.492. The Morgan fingerprint density at radius 3 is 3.07 bits per heavy atom. The van der Waals surface area contributed by atoms with E-state index in [0.29, 0.717) is 5.75 Å². The van der Waals surface area contributed by atoms with Crippen LogP contribution in [-0.4, -0.2) is 29.8 Å². The van der Waals surface area contributed by atoms with Crippen molar-refractivity contribution in [2.24, 2.45) is 5.73 Å². The van der Waals surface area contributed by atoms with Crippen LogP contribution >= 0.6 is 11.3 Å². The zero-order valence-electron chi connectivity index (χ0n) is 7.34. The summed E-state index contributed by atoms with van der Waals surface area (Å²) < 4.78 is 4.81. The average Bonchev–Trinajstić information content (AvgIpc) is 2.53. The van der Waals surface area contributed by atoms with Crippen LogP contribution in [-0.2, 0) is 11.2 Å². The quantitative estimate of drug-likeness (QED) is 0.567. The van der Waals surface area contributed by atoms with Gasteiger partial charge in [-0.2, -0.15) is 0 Å². The molecule has 0 aliphatic carbocycles. The molecule has 1 heterocycles. The first-order chi connectivity index (χ1) is 6.63. The number of hydrogen-bond acceptors (Lipinski definition) is 5. The SMILES string of the molecule is N[C@@H](Cc1cc(OBO)cs1)C(=O)O. The smallest absolute Gasteiger partial charge is 0.504 e. The predicted octanol–water partition coefficient (Wildman–Crippen LogP) is -0.660. The minimum atomic E-state index is -1.02. The Hall–Kier alpha value is -1.05. The van der Waals surface area contributed by atoms with Crippen LogP contribution in [0.1, 0.15) is 4.88 Å². The summed E-state index contributed by atoms with van der Waals surface area (Å²) in [5, 5.41) is 18.7. The molecule has 14 heavy (non-hydrogen) atoms. The van der Waals surface area contributed by atoms with Gasteiger partial charge in [0, 0.05) is 16.7 Å². The molecule has 4 N–H and O–H groups in total. The Bertz CT molecular complexity index is 316. The van der Waals surface area contributed by atoms with Crippen LogP contribution in [0.3, 0.4) is 0 Å². The van der Waals surface area contributed by atoms with Gasteiger partial charge in [0.25, 0.3) is 0 Å². The maximum Gasteiger partial charge on any atom is 0.504 e. The second kappa shape index (κ2) is 4.99. The number of rotatable bonds is 5. The van der Waals surface area contributed by atoms with Gasteiger partial charge < -0.3 is 20.5 Å². The lowest BCUT2D eigenvalue weighted by Gasteiger charge is -2.02. The molecule has 1 aromatic rings. The third-order valence-corrected chi connectivity index (χ3v) is 2.54. The summed E-state index contributed by atoms with van der Waals surface area (Å²) >= 11 is 1.36. The Kier molecular flexibility index (Phi) is 3.93. The molecular formula is C7H10BNO4S. The molecule has 0 saturated carbocycles. The molecule has 1 rings (SSSR count). The van der Waals surface area contributed by atoms with Crippen molar-refractivity contribution in [3.8, 4) is 5.75 Å². The molecule has 0 aromatic carbocycles. The molecule has 0 bridgehead atoms. The van der Waals surface area contributed by atoms with Gasteiger partial charge in [0.15, 0.2) is 0 Å². The largest absolute Gasteiger partial charge is 0.538 e. The molecule has 0 aliphatic heterocycles. The first-order valence-corrected chi connectivity index (χ1v) is 4.81. The van der Waals surface area contributed by atoms with Crippen LogP contribution in [0.15, 0.2) is 11.4 Å². The molecular weight excluding hydrogens is 205 g/mol. The molecule has 0 spiro atoms. The number of thiophene rings is 1. The highest BCUT2D eigenvalue weighted by molar-refractivity contribution is 7.10. The van der Waals surface area contributed by atoms with Crippen molar-refractivity contribution >= 4 is 25.0 Å². The molecule has 0 unspecified atom stereocenters. The highest BCUT2D eigenvalue weighted by atomic mass is 32.1. The Labute approximate surface area is 85.4 Å². The molecule has 0 amide bonds.